The van der Waals surface area contributed by atoms with E-state index in [1.165, 1.54) is 0 Å². The summed E-state index contributed by atoms with van der Waals surface area (Å²) in [5.74, 6) is -0.315. The number of hydrogen-bond donors (Lipinski definition) is 2. The second-order valence-electron chi connectivity index (χ2n) is 4.90. The van der Waals surface area contributed by atoms with Crippen LogP contribution in [0.5, 0.6) is 5.75 Å². The van der Waals surface area contributed by atoms with Gasteiger partial charge in [0.2, 0.25) is 0 Å². The first kappa shape index (κ1) is 11.1. The largest absolute Gasteiger partial charge is 0.482 e. The van der Waals surface area contributed by atoms with Crippen molar-refractivity contribution in [3.8, 4) is 5.75 Å². The lowest BCUT2D eigenvalue weighted by Gasteiger charge is -2.21. The van der Waals surface area contributed by atoms with Crippen LogP contribution in [-0.2, 0) is 15.0 Å². The van der Waals surface area contributed by atoms with Crippen molar-refractivity contribution in [2.75, 3.05) is 11.9 Å². The van der Waals surface area contributed by atoms with E-state index in [2.05, 4.69) is 5.32 Å². The fraction of sp³-hybridized carbons (Fsp3) is 0.385. The second kappa shape index (κ2) is 3.73. The number of carbonyl (C=O) groups excluding carboxylic acids is 1. The smallest absolute Gasteiger partial charge is 0.304 e. The molecule has 5 heteroatoms. The van der Waals surface area contributed by atoms with Crippen LogP contribution in [0.1, 0.15) is 24.8 Å². The van der Waals surface area contributed by atoms with Crippen molar-refractivity contribution in [3.05, 3.63) is 23.8 Å². The number of ether oxygens (including phenoxy) is 1. The van der Waals surface area contributed by atoms with Crippen molar-refractivity contribution in [2.24, 2.45) is 0 Å². The van der Waals surface area contributed by atoms with Gasteiger partial charge in [0.05, 0.1) is 12.1 Å². The predicted molar refractivity (Wildman–Crippen MR) is 63.7 cm³/mol. The molecule has 0 spiro atoms. The minimum atomic E-state index is -0.778. The van der Waals surface area contributed by atoms with Crippen LogP contribution < -0.4 is 10.1 Å². The molecule has 1 aliphatic carbocycles. The number of amides is 1. The highest BCUT2D eigenvalue weighted by molar-refractivity contribution is 5.95. The van der Waals surface area contributed by atoms with Gasteiger partial charge in [-0.2, -0.15) is 0 Å². The van der Waals surface area contributed by atoms with Gasteiger partial charge < -0.3 is 15.2 Å². The van der Waals surface area contributed by atoms with Crippen LogP contribution in [0.2, 0.25) is 0 Å². The lowest BCUT2D eigenvalue weighted by atomic mass is 9.92. The molecule has 0 aromatic heterocycles. The lowest BCUT2D eigenvalue weighted by molar-refractivity contribution is -0.137. The maximum Gasteiger partial charge on any atom is 0.304 e. The molecular formula is C13H13NO4. The van der Waals surface area contributed by atoms with Gasteiger partial charge in [-0.05, 0) is 30.5 Å². The van der Waals surface area contributed by atoms with E-state index < -0.39 is 5.97 Å². The Labute approximate surface area is 104 Å². The number of anilines is 1. The molecule has 5 nitrogen and oxygen atoms in total. The van der Waals surface area contributed by atoms with Gasteiger partial charge in [-0.25, -0.2) is 0 Å². The Bertz CT molecular complexity index is 534. The van der Waals surface area contributed by atoms with Crippen LogP contribution >= 0.6 is 0 Å². The summed E-state index contributed by atoms with van der Waals surface area (Å²) in [6.07, 6.45) is 1.94. The summed E-state index contributed by atoms with van der Waals surface area (Å²) in [4.78, 5) is 22.0. The molecule has 94 valence electrons. The number of aliphatic carboxylic acids is 1. The number of rotatable bonds is 3. The zero-order valence-electron chi connectivity index (χ0n) is 9.73. The third kappa shape index (κ3) is 1.81. The molecule has 2 aliphatic rings. The number of carbonyl (C=O) groups is 2. The molecule has 1 aromatic rings. The summed E-state index contributed by atoms with van der Waals surface area (Å²) in [6.45, 7) is 0.0163. The van der Waals surface area contributed by atoms with Crippen LogP contribution in [0.25, 0.3) is 0 Å². The van der Waals surface area contributed by atoms with Gasteiger partial charge in [-0.15, -0.1) is 0 Å². The van der Waals surface area contributed by atoms with E-state index in [0.717, 1.165) is 18.4 Å². The molecule has 1 aromatic carbocycles. The number of hydrogen-bond acceptors (Lipinski definition) is 3. The van der Waals surface area contributed by atoms with Gasteiger partial charge in [0.1, 0.15) is 5.75 Å². The van der Waals surface area contributed by atoms with Crippen molar-refractivity contribution in [3.63, 3.8) is 0 Å². The third-order valence-corrected chi connectivity index (χ3v) is 3.57. The monoisotopic (exact) mass is 247 g/mol. The van der Waals surface area contributed by atoms with Gasteiger partial charge in [0.25, 0.3) is 5.91 Å². The van der Waals surface area contributed by atoms with E-state index in [1.54, 1.807) is 6.07 Å². The Morgan fingerprint density at radius 2 is 2.22 bits per heavy atom. The summed E-state index contributed by atoms with van der Waals surface area (Å²) in [5.41, 5.74) is 1.41. The highest BCUT2D eigenvalue weighted by Crippen LogP contribution is 2.52. The minimum Gasteiger partial charge on any atom is -0.482 e. The van der Waals surface area contributed by atoms with Crippen molar-refractivity contribution in [1.29, 1.82) is 0 Å². The molecular weight excluding hydrogens is 234 g/mol. The Kier molecular flexibility index (Phi) is 2.29. The first-order valence-electron chi connectivity index (χ1n) is 5.88. The molecule has 0 unspecified atom stereocenters. The summed E-state index contributed by atoms with van der Waals surface area (Å²) >= 11 is 0. The second-order valence-corrected chi connectivity index (χ2v) is 4.90. The highest BCUT2D eigenvalue weighted by Gasteiger charge is 2.46. The van der Waals surface area contributed by atoms with Gasteiger partial charge in [-0.1, -0.05) is 6.07 Å². The molecule has 1 amide bonds. The van der Waals surface area contributed by atoms with E-state index in [9.17, 15) is 9.59 Å². The van der Waals surface area contributed by atoms with E-state index in [0.29, 0.717) is 11.4 Å². The van der Waals surface area contributed by atoms with Crippen LogP contribution in [0, 0.1) is 0 Å². The number of nitrogens with one attached hydrogen (secondary N) is 1. The minimum absolute atomic E-state index is 0.0163. The zero-order chi connectivity index (χ0) is 12.8. The molecule has 3 rings (SSSR count). The van der Waals surface area contributed by atoms with E-state index in [4.69, 9.17) is 9.84 Å². The molecule has 0 atom stereocenters. The average molecular weight is 247 g/mol. The number of carboxylic acids is 1. The van der Waals surface area contributed by atoms with Gasteiger partial charge in [0.15, 0.2) is 6.61 Å². The van der Waals surface area contributed by atoms with Crippen molar-refractivity contribution >= 4 is 17.6 Å². The summed E-state index contributed by atoms with van der Waals surface area (Å²) in [5, 5.41) is 11.7. The molecule has 1 heterocycles. The van der Waals surface area contributed by atoms with Crippen LogP contribution in [-0.4, -0.2) is 23.6 Å². The topological polar surface area (TPSA) is 75.6 Å². The Morgan fingerprint density at radius 3 is 2.89 bits per heavy atom. The fourth-order valence-corrected chi connectivity index (χ4v) is 2.41. The van der Waals surface area contributed by atoms with Gasteiger partial charge in [-0.3, -0.25) is 9.59 Å². The van der Waals surface area contributed by atoms with E-state index in [1.807, 2.05) is 12.1 Å². The van der Waals surface area contributed by atoms with Crippen LogP contribution in [0.4, 0.5) is 5.69 Å². The summed E-state index contributed by atoms with van der Waals surface area (Å²) < 4.78 is 5.34. The van der Waals surface area contributed by atoms with Crippen molar-refractivity contribution in [1.82, 2.24) is 0 Å². The molecule has 1 saturated carbocycles. The van der Waals surface area contributed by atoms with Crippen molar-refractivity contribution in [2.45, 2.75) is 24.7 Å². The molecule has 0 radical (unpaired) electrons. The Hall–Kier alpha value is -2.04. The average Bonchev–Trinajstić information content (AvgIpc) is 3.08. The predicted octanol–water partition coefficient (Wildman–Crippen LogP) is 1.52. The van der Waals surface area contributed by atoms with Crippen molar-refractivity contribution < 1.29 is 19.4 Å². The maximum atomic E-state index is 11.2. The zero-order valence-corrected chi connectivity index (χ0v) is 9.73. The normalized spacial score (nSPS) is 19.4. The summed E-state index contributed by atoms with van der Waals surface area (Å²) in [7, 11) is 0. The van der Waals surface area contributed by atoms with E-state index >= 15 is 0 Å². The maximum absolute atomic E-state index is 11.2. The highest BCUT2D eigenvalue weighted by atomic mass is 16.5. The Balaban J connectivity index is 1.91. The van der Waals surface area contributed by atoms with Gasteiger partial charge in [0, 0.05) is 5.41 Å². The summed E-state index contributed by atoms with van der Waals surface area (Å²) in [6, 6.07) is 5.51. The first-order chi connectivity index (χ1) is 8.59. The number of fused-ring (bicyclic) bond motifs is 1. The molecule has 0 bridgehead atoms. The number of benzene rings is 1. The molecule has 18 heavy (non-hydrogen) atoms. The standard InChI is InChI=1S/C13H13NO4/c15-11-7-18-10-5-8(1-2-9(10)14-11)13(3-4-13)6-12(16)17/h1-2,5H,3-4,6-7H2,(H,14,15)(H,16,17). The van der Waals surface area contributed by atoms with E-state index in [-0.39, 0.29) is 24.3 Å². The first-order valence-corrected chi connectivity index (χ1v) is 5.88. The molecule has 0 saturated heterocycles. The quantitative estimate of drug-likeness (QED) is 0.849. The SMILES string of the molecule is O=C(O)CC1(c2ccc3c(c2)OCC(=O)N3)CC1. The fourth-order valence-electron chi connectivity index (χ4n) is 2.41. The lowest BCUT2D eigenvalue weighted by Crippen LogP contribution is -2.25. The molecule has 1 aliphatic heterocycles. The van der Waals surface area contributed by atoms with Crippen LogP contribution in [0.15, 0.2) is 18.2 Å². The Morgan fingerprint density at radius 1 is 1.44 bits per heavy atom. The molecule has 1 fully saturated rings. The van der Waals surface area contributed by atoms with Gasteiger partial charge >= 0.3 is 5.97 Å². The van der Waals surface area contributed by atoms with Crippen LogP contribution in [0.3, 0.4) is 0 Å². The molecule has 2 N–H and O–H groups in total. The third-order valence-electron chi connectivity index (χ3n) is 3.57. The number of carboxylic acid groups (broad SMARTS) is 1.